The highest BCUT2D eigenvalue weighted by Crippen LogP contribution is 2.36. The summed E-state index contributed by atoms with van der Waals surface area (Å²) in [5.74, 6) is -0.00795. The lowest BCUT2D eigenvalue weighted by Gasteiger charge is -2.33. The summed E-state index contributed by atoms with van der Waals surface area (Å²) in [4.78, 5) is 0. The highest BCUT2D eigenvalue weighted by atomic mass is 16.3. The average molecular weight is 320 g/mol. The quantitative estimate of drug-likeness (QED) is 0.446. The Hall–Kier alpha value is -2.12. The summed E-state index contributed by atoms with van der Waals surface area (Å²) in [7, 11) is 0. The lowest BCUT2D eigenvalue weighted by atomic mass is 9.78. The molecule has 2 aromatic rings. The molecule has 2 aromatic carbocycles. The lowest BCUT2D eigenvalue weighted by Crippen LogP contribution is -2.32. The molecule has 126 valence electrons. The predicted molar refractivity (Wildman–Crippen MR) is 104 cm³/mol. The first-order valence-electron chi connectivity index (χ1n) is 8.85. The second-order valence-electron chi connectivity index (χ2n) is 6.27. The molecule has 0 aliphatic rings. The third kappa shape index (κ3) is 4.69. The molecule has 0 saturated carbocycles. The largest absolute Gasteiger partial charge is 0.380 e. The fraction of sp³-hybridized carbons (Fsp3) is 0.304. The van der Waals surface area contributed by atoms with Gasteiger partial charge in [-0.3, -0.25) is 0 Å². The number of hydrogen-bond donors (Lipinski definition) is 1. The SMILES string of the molecule is C=CC(CCCCC)[C@](O)(/C=C/c1ccccc1)c1ccccc1. The van der Waals surface area contributed by atoms with Crippen LogP contribution in [0.4, 0.5) is 0 Å². The zero-order chi connectivity index (χ0) is 17.3. The Morgan fingerprint density at radius 1 is 1.00 bits per heavy atom. The van der Waals surface area contributed by atoms with Gasteiger partial charge in [0.25, 0.3) is 0 Å². The number of hydrogen-bond acceptors (Lipinski definition) is 1. The monoisotopic (exact) mass is 320 g/mol. The molecule has 0 radical (unpaired) electrons. The Morgan fingerprint density at radius 2 is 1.62 bits per heavy atom. The van der Waals surface area contributed by atoms with Crippen LogP contribution in [0, 0.1) is 5.92 Å². The van der Waals surface area contributed by atoms with Gasteiger partial charge in [-0.05, 0) is 23.6 Å². The van der Waals surface area contributed by atoms with Crippen LogP contribution in [0.15, 0.2) is 79.4 Å². The van der Waals surface area contributed by atoms with Gasteiger partial charge in [0.15, 0.2) is 0 Å². The van der Waals surface area contributed by atoms with E-state index in [0.29, 0.717) is 0 Å². The molecule has 0 fully saturated rings. The van der Waals surface area contributed by atoms with Crippen LogP contribution in [-0.2, 0) is 5.60 Å². The Kier molecular flexibility index (Phi) is 7.02. The molecule has 0 aliphatic carbocycles. The summed E-state index contributed by atoms with van der Waals surface area (Å²) >= 11 is 0. The molecule has 0 aliphatic heterocycles. The van der Waals surface area contributed by atoms with Gasteiger partial charge in [0.1, 0.15) is 5.60 Å². The van der Waals surface area contributed by atoms with Crippen molar-refractivity contribution in [3.63, 3.8) is 0 Å². The molecular formula is C23H28O. The van der Waals surface area contributed by atoms with Gasteiger partial charge >= 0.3 is 0 Å². The average Bonchev–Trinajstić information content (AvgIpc) is 2.65. The molecule has 1 nitrogen and oxygen atoms in total. The van der Waals surface area contributed by atoms with Crippen LogP contribution < -0.4 is 0 Å². The normalized spacial score (nSPS) is 15.1. The van der Waals surface area contributed by atoms with Crippen LogP contribution in [0.2, 0.25) is 0 Å². The molecule has 0 aromatic heterocycles. The van der Waals surface area contributed by atoms with Gasteiger partial charge < -0.3 is 5.11 Å². The number of rotatable bonds is 9. The van der Waals surface area contributed by atoms with E-state index in [1.54, 1.807) is 0 Å². The zero-order valence-corrected chi connectivity index (χ0v) is 14.6. The minimum Gasteiger partial charge on any atom is -0.380 e. The molecule has 24 heavy (non-hydrogen) atoms. The maximum Gasteiger partial charge on any atom is 0.114 e. The molecular weight excluding hydrogens is 292 g/mol. The molecule has 1 N–H and O–H groups in total. The van der Waals surface area contributed by atoms with Gasteiger partial charge in [0, 0.05) is 5.92 Å². The lowest BCUT2D eigenvalue weighted by molar-refractivity contribution is 0.0408. The van der Waals surface area contributed by atoms with E-state index in [1.165, 1.54) is 12.8 Å². The number of benzene rings is 2. The van der Waals surface area contributed by atoms with Gasteiger partial charge in [-0.15, -0.1) is 6.58 Å². The summed E-state index contributed by atoms with van der Waals surface area (Å²) in [5, 5.41) is 11.5. The van der Waals surface area contributed by atoms with E-state index in [9.17, 15) is 5.11 Å². The Labute approximate surface area is 146 Å². The fourth-order valence-corrected chi connectivity index (χ4v) is 3.06. The molecule has 0 amide bonds. The second-order valence-corrected chi connectivity index (χ2v) is 6.27. The maximum atomic E-state index is 11.5. The summed E-state index contributed by atoms with van der Waals surface area (Å²) in [6.07, 6.45) is 10.2. The van der Waals surface area contributed by atoms with E-state index in [-0.39, 0.29) is 5.92 Å². The second kappa shape index (κ2) is 9.24. The number of unbranched alkanes of at least 4 members (excludes halogenated alkanes) is 2. The molecule has 2 rings (SSSR count). The zero-order valence-electron chi connectivity index (χ0n) is 14.6. The predicted octanol–water partition coefficient (Wildman–Crippen LogP) is 5.97. The first kappa shape index (κ1) is 18.2. The van der Waals surface area contributed by atoms with Gasteiger partial charge in [0.2, 0.25) is 0 Å². The van der Waals surface area contributed by atoms with Crippen molar-refractivity contribution >= 4 is 6.08 Å². The van der Waals surface area contributed by atoms with Crippen molar-refractivity contribution < 1.29 is 5.11 Å². The van der Waals surface area contributed by atoms with Crippen molar-refractivity contribution in [1.82, 2.24) is 0 Å². The summed E-state index contributed by atoms with van der Waals surface area (Å²) in [6, 6.07) is 20.0. The third-order valence-corrected chi connectivity index (χ3v) is 4.53. The van der Waals surface area contributed by atoms with E-state index >= 15 is 0 Å². The molecule has 0 heterocycles. The van der Waals surface area contributed by atoms with Crippen molar-refractivity contribution in [1.29, 1.82) is 0 Å². The summed E-state index contributed by atoms with van der Waals surface area (Å²) in [6.45, 7) is 6.19. The van der Waals surface area contributed by atoms with Gasteiger partial charge in [-0.1, -0.05) is 99.0 Å². The maximum absolute atomic E-state index is 11.5. The molecule has 0 bridgehead atoms. The van der Waals surface area contributed by atoms with Crippen molar-refractivity contribution in [2.24, 2.45) is 5.92 Å². The highest BCUT2D eigenvalue weighted by molar-refractivity contribution is 5.52. The van der Waals surface area contributed by atoms with E-state index in [4.69, 9.17) is 0 Å². The minimum absolute atomic E-state index is 0.00795. The van der Waals surface area contributed by atoms with Crippen molar-refractivity contribution in [2.45, 2.75) is 38.2 Å². The molecule has 0 saturated heterocycles. The highest BCUT2D eigenvalue weighted by Gasteiger charge is 2.33. The van der Waals surface area contributed by atoms with Crippen molar-refractivity contribution in [3.8, 4) is 0 Å². The molecule has 1 unspecified atom stereocenters. The first-order valence-corrected chi connectivity index (χ1v) is 8.85. The van der Waals surface area contributed by atoms with E-state index in [1.807, 2.05) is 78.9 Å². The minimum atomic E-state index is -1.04. The van der Waals surface area contributed by atoms with E-state index in [2.05, 4.69) is 13.5 Å². The van der Waals surface area contributed by atoms with Gasteiger partial charge in [0.05, 0.1) is 0 Å². The molecule has 1 heteroatoms. The topological polar surface area (TPSA) is 20.2 Å². The van der Waals surface area contributed by atoms with Crippen LogP contribution in [0.3, 0.4) is 0 Å². The molecule has 2 atom stereocenters. The summed E-state index contributed by atoms with van der Waals surface area (Å²) in [5.41, 5.74) is 0.967. The number of aliphatic hydroxyl groups is 1. The van der Waals surface area contributed by atoms with Crippen LogP contribution in [-0.4, -0.2) is 5.11 Å². The van der Waals surface area contributed by atoms with E-state index in [0.717, 1.165) is 24.0 Å². The van der Waals surface area contributed by atoms with E-state index < -0.39 is 5.60 Å². The third-order valence-electron chi connectivity index (χ3n) is 4.53. The Balaban J connectivity index is 2.33. The first-order chi connectivity index (χ1) is 11.7. The Morgan fingerprint density at radius 3 is 2.21 bits per heavy atom. The summed E-state index contributed by atoms with van der Waals surface area (Å²) < 4.78 is 0. The Bertz CT molecular complexity index is 630. The van der Waals surface area contributed by atoms with Crippen LogP contribution in [0.1, 0.15) is 43.7 Å². The molecule has 0 spiro atoms. The van der Waals surface area contributed by atoms with Gasteiger partial charge in [-0.2, -0.15) is 0 Å². The smallest absolute Gasteiger partial charge is 0.114 e. The van der Waals surface area contributed by atoms with Gasteiger partial charge in [-0.25, -0.2) is 0 Å². The van der Waals surface area contributed by atoms with Crippen LogP contribution in [0.25, 0.3) is 6.08 Å². The van der Waals surface area contributed by atoms with Crippen molar-refractivity contribution in [2.75, 3.05) is 0 Å². The fourth-order valence-electron chi connectivity index (χ4n) is 3.06. The standard InChI is InChI=1S/C23H28O/c1-3-5-8-15-21(4-2)23(24,22-16-11-7-12-17-22)19-18-20-13-9-6-10-14-20/h4,6-7,9-14,16-19,21,24H,2-3,5,8,15H2,1H3/b19-18+/t21?,23-/m1/s1. The van der Waals surface area contributed by atoms with Crippen LogP contribution in [0.5, 0.6) is 0 Å². The van der Waals surface area contributed by atoms with Crippen molar-refractivity contribution in [3.05, 3.63) is 90.5 Å². The van der Waals surface area contributed by atoms with Crippen LogP contribution >= 0.6 is 0 Å².